The van der Waals surface area contributed by atoms with Gasteiger partial charge in [0, 0.05) is 25.8 Å². The number of rotatable bonds is 8. The summed E-state index contributed by atoms with van der Waals surface area (Å²) in [5.74, 6) is -0.805. The van der Waals surface area contributed by atoms with Gasteiger partial charge in [0.05, 0.1) is 6.42 Å². The molecule has 210 valence electrons. The van der Waals surface area contributed by atoms with Gasteiger partial charge in [-0.15, -0.1) is 0 Å². The Bertz CT molecular complexity index is 1340. The molecule has 1 saturated carbocycles. The zero-order chi connectivity index (χ0) is 28.6. The molecule has 0 bridgehead atoms. The lowest BCUT2D eigenvalue weighted by atomic mass is 9.93. The molecule has 0 aromatic heterocycles. The van der Waals surface area contributed by atoms with Gasteiger partial charge in [0.25, 0.3) is 0 Å². The summed E-state index contributed by atoms with van der Waals surface area (Å²) in [6.45, 7) is 1.90. The van der Waals surface area contributed by atoms with Crippen LogP contribution in [0.4, 0.5) is 14.9 Å². The van der Waals surface area contributed by atoms with Gasteiger partial charge in [-0.2, -0.15) is 0 Å². The minimum atomic E-state index is -0.988. The second kappa shape index (κ2) is 13.2. The lowest BCUT2D eigenvalue weighted by Crippen LogP contribution is -2.48. The third-order valence-corrected chi connectivity index (χ3v) is 7.15. The van der Waals surface area contributed by atoms with E-state index >= 15 is 0 Å². The Morgan fingerprint density at radius 2 is 1.65 bits per heavy atom. The SMILES string of the molecule is Cc1ccccc1C(C(=O)NC1CCCCC1)N(C(=O)Cc1ccc(OC(=O)N(C)C)cc1)c1cccc(F)c1. The first-order valence-corrected chi connectivity index (χ1v) is 13.6. The molecule has 3 amide bonds. The van der Waals surface area contributed by atoms with E-state index in [4.69, 9.17) is 4.74 Å². The second-order valence-corrected chi connectivity index (χ2v) is 10.4. The number of nitrogens with one attached hydrogen (secondary N) is 1. The van der Waals surface area contributed by atoms with Crippen LogP contribution in [0.5, 0.6) is 5.75 Å². The van der Waals surface area contributed by atoms with E-state index in [1.807, 2.05) is 31.2 Å². The fourth-order valence-electron chi connectivity index (χ4n) is 5.01. The smallest absolute Gasteiger partial charge is 0.410 e. The van der Waals surface area contributed by atoms with Gasteiger partial charge in [-0.05, 0) is 66.8 Å². The topological polar surface area (TPSA) is 79.0 Å². The summed E-state index contributed by atoms with van der Waals surface area (Å²) in [6, 6.07) is 18.9. The Labute approximate surface area is 234 Å². The molecule has 1 unspecified atom stereocenters. The van der Waals surface area contributed by atoms with Crippen molar-refractivity contribution in [1.29, 1.82) is 0 Å². The quantitative estimate of drug-likeness (QED) is 0.379. The normalized spacial score (nSPS) is 14.2. The lowest BCUT2D eigenvalue weighted by molar-refractivity contribution is -0.127. The number of halogens is 1. The zero-order valence-corrected chi connectivity index (χ0v) is 23.2. The van der Waals surface area contributed by atoms with Gasteiger partial charge in [-0.3, -0.25) is 14.5 Å². The van der Waals surface area contributed by atoms with Crippen LogP contribution in [0, 0.1) is 12.7 Å². The number of carbonyl (C=O) groups excluding carboxylic acids is 3. The molecule has 0 saturated heterocycles. The minimum absolute atomic E-state index is 0.0367. The number of hydrogen-bond acceptors (Lipinski definition) is 4. The molecule has 1 atom stereocenters. The molecular weight excluding hydrogens is 509 g/mol. The van der Waals surface area contributed by atoms with Crippen molar-refractivity contribution >= 4 is 23.6 Å². The Morgan fingerprint density at radius 1 is 0.950 bits per heavy atom. The first-order valence-electron chi connectivity index (χ1n) is 13.6. The molecule has 3 aromatic carbocycles. The second-order valence-electron chi connectivity index (χ2n) is 10.4. The monoisotopic (exact) mass is 545 g/mol. The number of hydrogen-bond donors (Lipinski definition) is 1. The van der Waals surface area contributed by atoms with E-state index in [1.54, 1.807) is 44.4 Å². The largest absolute Gasteiger partial charge is 0.414 e. The molecule has 0 heterocycles. The maximum absolute atomic E-state index is 14.5. The van der Waals surface area contributed by atoms with Crippen LogP contribution in [-0.4, -0.2) is 42.9 Å². The first-order chi connectivity index (χ1) is 19.2. The molecular formula is C32H36FN3O4. The average molecular weight is 546 g/mol. The molecule has 1 aliphatic rings. The van der Waals surface area contributed by atoms with Gasteiger partial charge in [-0.25, -0.2) is 9.18 Å². The maximum Gasteiger partial charge on any atom is 0.414 e. The molecule has 8 heteroatoms. The predicted molar refractivity (Wildman–Crippen MR) is 153 cm³/mol. The molecule has 40 heavy (non-hydrogen) atoms. The first kappa shape index (κ1) is 28.8. The average Bonchev–Trinajstić information content (AvgIpc) is 2.93. The predicted octanol–water partition coefficient (Wildman–Crippen LogP) is 5.96. The van der Waals surface area contributed by atoms with E-state index in [9.17, 15) is 18.8 Å². The van der Waals surface area contributed by atoms with E-state index in [1.165, 1.54) is 28.0 Å². The number of amides is 3. The van der Waals surface area contributed by atoms with Gasteiger partial charge in [0.2, 0.25) is 11.8 Å². The Balaban J connectivity index is 1.69. The summed E-state index contributed by atoms with van der Waals surface area (Å²) in [7, 11) is 3.18. The van der Waals surface area contributed by atoms with E-state index < -0.39 is 18.0 Å². The minimum Gasteiger partial charge on any atom is -0.410 e. The van der Waals surface area contributed by atoms with Gasteiger partial charge in [0.15, 0.2) is 0 Å². The summed E-state index contributed by atoms with van der Waals surface area (Å²) in [5.41, 5.74) is 2.49. The molecule has 1 N–H and O–H groups in total. The van der Waals surface area contributed by atoms with Crippen molar-refractivity contribution in [3.63, 3.8) is 0 Å². The van der Waals surface area contributed by atoms with Crippen molar-refractivity contribution in [2.75, 3.05) is 19.0 Å². The van der Waals surface area contributed by atoms with Crippen LogP contribution in [0.3, 0.4) is 0 Å². The Hall–Kier alpha value is -4.20. The molecule has 4 rings (SSSR count). The van der Waals surface area contributed by atoms with E-state index in [-0.39, 0.29) is 24.3 Å². The van der Waals surface area contributed by atoms with Crippen molar-refractivity contribution in [2.24, 2.45) is 0 Å². The number of ether oxygens (including phenoxy) is 1. The Morgan fingerprint density at radius 3 is 2.30 bits per heavy atom. The van der Waals surface area contributed by atoms with Gasteiger partial charge < -0.3 is 15.0 Å². The molecule has 1 fully saturated rings. The van der Waals surface area contributed by atoms with Crippen LogP contribution in [-0.2, 0) is 16.0 Å². The van der Waals surface area contributed by atoms with Gasteiger partial charge >= 0.3 is 6.09 Å². The van der Waals surface area contributed by atoms with Crippen LogP contribution >= 0.6 is 0 Å². The van der Waals surface area contributed by atoms with Crippen molar-refractivity contribution in [2.45, 2.75) is 57.5 Å². The summed E-state index contributed by atoms with van der Waals surface area (Å²) in [6.07, 6.45) is 4.48. The third kappa shape index (κ3) is 7.25. The number of aryl methyl sites for hydroxylation is 1. The summed E-state index contributed by atoms with van der Waals surface area (Å²) in [5, 5.41) is 3.18. The number of anilines is 1. The van der Waals surface area contributed by atoms with Crippen molar-refractivity contribution in [3.8, 4) is 5.75 Å². The zero-order valence-electron chi connectivity index (χ0n) is 23.2. The Kier molecular flexibility index (Phi) is 9.53. The fourth-order valence-corrected chi connectivity index (χ4v) is 5.01. The molecule has 7 nitrogen and oxygen atoms in total. The van der Waals surface area contributed by atoms with Crippen molar-refractivity contribution < 1.29 is 23.5 Å². The standard InChI is InChI=1S/C32H36FN3O4/c1-22-10-7-8-15-28(22)30(31(38)34-25-12-5-4-6-13-25)36(26-14-9-11-24(33)21-26)29(37)20-23-16-18-27(19-17-23)40-32(39)35(2)3/h7-11,14-19,21,25,30H,4-6,12-13,20H2,1-3H3,(H,34,38). The maximum atomic E-state index is 14.5. The van der Waals surface area contributed by atoms with Crippen LogP contribution in [0.25, 0.3) is 0 Å². The van der Waals surface area contributed by atoms with Crippen molar-refractivity contribution in [3.05, 3.63) is 95.3 Å². The van der Waals surface area contributed by atoms with Crippen LogP contribution in [0.2, 0.25) is 0 Å². The van der Waals surface area contributed by atoms with Gasteiger partial charge in [-0.1, -0.05) is 61.7 Å². The number of benzene rings is 3. The molecule has 0 spiro atoms. The lowest BCUT2D eigenvalue weighted by Gasteiger charge is -2.34. The molecule has 3 aromatic rings. The molecule has 0 radical (unpaired) electrons. The highest BCUT2D eigenvalue weighted by Gasteiger charge is 2.35. The number of carbonyl (C=O) groups is 3. The molecule has 1 aliphatic carbocycles. The third-order valence-electron chi connectivity index (χ3n) is 7.15. The van der Waals surface area contributed by atoms with E-state index in [0.29, 0.717) is 22.6 Å². The highest BCUT2D eigenvalue weighted by atomic mass is 19.1. The summed E-state index contributed by atoms with van der Waals surface area (Å²) >= 11 is 0. The van der Waals surface area contributed by atoms with Crippen LogP contribution < -0.4 is 15.0 Å². The molecule has 0 aliphatic heterocycles. The highest BCUT2D eigenvalue weighted by Crippen LogP contribution is 2.32. The van der Waals surface area contributed by atoms with E-state index in [2.05, 4.69) is 5.32 Å². The number of nitrogens with zero attached hydrogens (tertiary/aromatic N) is 2. The van der Waals surface area contributed by atoms with Crippen LogP contribution in [0.15, 0.2) is 72.8 Å². The van der Waals surface area contributed by atoms with Crippen molar-refractivity contribution in [1.82, 2.24) is 10.2 Å². The fraction of sp³-hybridized carbons (Fsp3) is 0.344. The summed E-state index contributed by atoms with van der Waals surface area (Å²) in [4.78, 5) is 42.6. The van der Waals surface area contributed by atoms with E-state index in [0.717, 1.165) is 37.7 Å². The highest BCUT2D eigenvalue weighted by molar-refractivity contribution is 6.02. The summed E-state index contributed by atoms with van der Waals surface area (Å²) < 4.78 is 19.7. The van der Waals surface area contributed by atoms with Crippen LogP contribution in [0.1, 0.15) is 54.8 Å². The van der Waals surface area contributed by atoms with Gasteiger partial charge in [0.1, 0.15) is 17.6 Å².